The smallest absolute Gasteiger partial charge is 0.0391 e. The molecule has 0 aromatic rings. The van der Waals surface area contributed by atoms with Gasteiger partial charge in [-0.2, -0.15) is 0 Å². The maximum atomic E-state index is 3.72. The van der Waals surface area contributed by atoms with Gasteiger partial charge in [0.1, 0.15) is 0 Å². The van der Waals surface area contributed by atoms with Crippen molar-refractivity contribution in [2.75, 3.05) is 6.54 Å². The fourth-order valence-corrected chi connectivity index (χ4v) is 2.88. The highest BCUT2D eigenvalue weighted by atomic mass is 15.0. The van der Waals surface area contributed by atoms with E-state index in [1.807, 2.05) is 0 Å². The molecule has 1 fully saturated rings. The summed E-state index contributed by atoms with van der Waals surface area (Å²) in [6, 6.07) is 0. The Bertz CT molecular complexity index is 199. The summed E-state index contributed by atoms with van der Waals surface area (Å²) in [4.78, 5) is 0. The number of hydrogen-bond donors (Lipinski definition) is 1. The molecule has 1 unspecified atom stereocenters. The first kappa shape index (κ1) is 9.26. The zero-order valence-electron chi connectivity index (χ0n) is 8.73. The molecule has 2 aliphatic rings. The van der Waals surface area contributed by atoms with Crippen molar-refractivity contribution in [2.45, 2.75) is 57.4 Å². The van der Waals surface area contributed by atoms with E-state index in [0.717, 1.165) is 0 Å². The van der Waals surface area contributed by atoms with Gasteiger partial charge in [-0.3, -0.25) is 0 Å². The van der Waals surface area contributed by atoms with Crippen molar-refractivity contribution < 1.29 is 0 Å². The maximum absolute atomic E-state index is 3.72. The first-order valence-corrected chi connectivity index (χ1v) is 5.82. The molecule has 0 radical (unpaired) electrons. The van der Waals surface area contributed by atoms with Crippen LogP contribution >= 0.6 is 0 Å². The zero-order chi connectivity index (χ0) is 9.15. The van der Waals surface area contributed by atoms with Gasteiger partial charge in [0.05, 0.1) is 0 Å². The van der Waals surface area contributed by atoms with Gasteiger partial charge < -0.3 is 5.32 Å². The second-order valence-corrected chi connectivity index (χ2v) is 4.44. The van der Waals surface area contributed by atoms with Crippen LogP contribution in [0, 0.1) is 0 Å². The lowest BCUT2D eigenvalue weighted by Crippen LogP contribution is -2.41. The Balaban J connectivity index is 2.14. The van der Waals surface area contributed by atoms with Crippen LogP contribution in [0.4, 0.5) is 0 Å². The van der Waals surface area contributed by atoms with E-state index in [9.17, 15) is 0 Å². The van der Waals surface area contributed by atoms with Gasteiger partial charge in [-0.15, -0.1) is 0 Å². The molecule has 0 amide bonds. The first-order valence-electron chi connectivity index (χ1n) is 5.82. The van der Waals surface area contributed by atoms with Gasteiger partial charge in [-0.05, 0) is 51.5 Å². The van der Waals surface area contributed by atoms with Crippen LogP contribution in [0.25, 0.3) is 0 Å². The molecule has 0 aromatic carbocycles. The molecule has 1 aliphatic carbocycles. The Morgan fingerprint density at radius 3 is 2.85 bits per heavy atom. The highest BCUT2D eigenvalue weighted by Crippen LogP contribution is 2.35. The molecule has 0 bridgehead atoms. The Labute approximate surface area is 81.6 Å². The molecule has 1 N–H and O–H groups in total. The zero-order valence-corrected chi connectivity index (χ0v) is 8.73. The predicted octanol–water partition coefficient (Wildman–Crippen LogP) is 3.02. The van der Waals surface area contributed by atoms with E-state index in [1.54, 1.807) is 5.57 Å². The van der Waals surface area contributed by atoms with Crippen molar-refractivity contribution >= 4 is 0 Å². The van der Waals surface area contributed by atoms with E-state index in [-0.39, 0.29) is 0 Å². The predicted molar refractivity (Wildman–Crippen MR) is 56.8 cm³/mol. The summed E-state index contributed by atoms with van der Waals surface area (Å²) in [6.45, 7) is 3.55. The SMILES string of the molecule is CCC1(C2=CCCCC2)CCCN1. The van der Waals surface area contributed by atoms with Crippen LogP contribution in [0.2, 0.25) is 0 Å². The second kappa shape index (κ2) is 3.83. The number of allylic oxidation sites excluding steroid dienone is 1. The van der Waals surface area contributed by atoms with E-state index >= 15 is 0 Å². The minimum Gasteiger partial charge on any atom is -0.308 e. The van der Waals surface area contributed by atoms with Crippen LogP contribution in [0.1, 0.15) is 51.9 Å². The summed E-state index contributed by atoms with van der Waals surface area (Å²) >= 11 is 0. The molecule has 1 heterocycles. The van der Waals surface area contributed by atoms with Gasteiger partial charge in [0, 0.05) is 5.54 Å². The summed E-state index contributed by atoms with van der Waals surface area (Å²) < 4.78 is 0. The molecule has 1 atom stereocenters. The molecule has 1 heteroatoms. The quantitative estimate of drug-likeness (QED) is 0.642. The van der Waals surface area contributed by atoms with Gasteiger partial charge >= 0.3 is 0 Å². The van der Waals surface area contributed by atoms with Crippen molar-refractivity contribution in [1.29, 1.82) is 0 Å². The molecular formula is C12H21N. The molecule has 0 aromatic heterocycles. The van der Waals surface area contributed by atoms with Crippen LogP contribution in [0.5, 0.6) is 0 Å². The molecule has 74 valence electrons. The molecule has 1 aliphatic heterocycles. The summed E-state index contributed by atoms with van der Waals surface area (Å²) in [5, 5.41) is 3.72. The van der Waals surface area contributed by atoms with Crippen molar-refractivity contribution in [3.05, 3.63) is 11.6 Å². The van der Waals surface area contributed by atoms with Crippen LogP contribution in [-0.2, 0) is 0 Å². The molecule has 2 rings (SSSR count). The largest absolute Gasteiger partial charge is 0.308 e. The minimum absolute atomic E-state index is 0.417. The number of hydrogen-bond acceptors (Lipinski definition) is 1. The van der Waals surface area contributed by atoms with Crippen molar-refractivity contribution in [1.82, 2.24) is 5.32 Å². The average Bonchev–Trinajstić information content (AvgIpc) is 2.69. The normalized spacial score (nSPS) is 34.7. The van der Waals surface area contributed by atoms with Gasteiger partial charge in [-0.25, -0.2) is 0 Å². The van der Waals surface area contributed by atoms with E-state index in [2.05, 4.69) is 18.3 Å². The Hall–Kier alpha value is -0.300. The number of rotatable bonds is 2. The lowest BCUT2D eigenvalue weighted by Gasteiger charge is -2.33. The van der Waals surface area contributed by atoms with Gasteiger partial charge in [0.15, 0.2) is 0 Å². The lowest BCUT2D eigenvalue weighted by atomic mass is 9.80. The fraction of sp³-hybridized carbons (Fsp3) is 0.833. The molecular weight excluding hydrogens is 158 g/mol. The van der Waals surface area contributed by atoms with E-state index < -0.39 is 0 Å². The maximum Gasteiger partial charge on any atom is 0.0391 e. The lowest BCUT2D eigenvalue weighted by molar-refractivity contribution is 0.402. The van der Waals surface area contributed by atoms with Crippen LogP contribution in [0.15, 0.2) is 11.6 Å². The van der Waals surface area contributed by atoms with E-state index in [1.165, 1.54) is 51.5 Å². The Morgan fingerprint density at radius 1 is 1.38 bits per heavy atom. The van der Waals surface area contributed by atoms with Crippen LogP contribution in [-0.4, -0.2) is 12.1 Å². The molecule has 1 nitrogen and oxygen atoms in total. The molecule has 0 spiro atoms. The standard InChI is InChI=1S/C12H21N/c1-2-12(9-6-10-13-12)11-7-4-3-5-8-11/h7,13H,2-6,8-10H2,1H3. The fourth-order valence-electron chi connectivity index (χ4n) is 2.88. The van der Waals surface area contributed by atoms with Gasteiger partial charge in [0.2, 0.25) is 0 Å². The van der Waals surface area contributed by atoms with Crippen LogP contribution < -0.4 is 5.32 Å². The highest BCUT2D eigenvalue weighted by molar-refractivity contribution is 5.23. The van der Waals surface area contributed by atoms with E-state index in [0.29, 0.717) is 5.54 Å². The van der Waals surface area contributed by atoms with Crippen molar-refractivity contribution in [2.24, 2.45) is 0 Å². The summed E-state index contributed by atoms with van der Waals surface area (Å²) in [5.41, 5.74) is 2.14. The highest BCUT2D eigenvalue weighted by Gasteiger charge is 2.34. The van der Waals surface area contributed by atoms with Gasteiger partial charge in [-0.1, -0.05) is 18.6 Å². The monoisotopic (exact) mass is 179 g/mol. The van der Waals surface area contributed by atoms with Crippen molar-refractivity contribution in [3.63, 3.8) is 0 Å². The van der Waals surface area contributed by atoms with Gasteiger partial charge in [0.25, 0.3) is 0 Å². The van der Waals surface area contributed by atoms with E-state index in [4.69, 9.17) is 0 Å². The third kappa shape index (κ3) is 1.67. The first-order chi connectivity index (χ1) is 6.37. The summed E-state index contributed by atoms with van der Waals surface area (Å²) in [6.07, 6.45) is 12.0. The number of nitrogens with one attached hydrogen (secondary N) is 1. The third-order valence-corrected chi connectivity index (χ3v) is 3.75. The Morgan fingerprint density at radius 2 is 2.31 bits per heavy atom. The molecule has 1 saturated heterocycles. The summed E-state index contributed by atoms with van der Waals surface area (Å²) in [7, 11) is 0. The van der Waals surface area contributed by atoms with Crippen LogP contribution in [0.3, 0.4) is 0 Å². The average molecular weight is 179 g/mol. The topological polar surface area (TPSA) is 12.0 Å². The minimum atomic E-state index is 0.417. The second-order valence-electron chi connectivity index (χ2n) is 4.44. The molecule has 13 heavy (non-hydrogen) atoms. The van der Waals surface area contributed by atoms with Crippen molar-refractivity contribution in [3.8, 4) is 0 Å². The molecule has 0 saturated carbocycles. The third-order valence-electron chi connectivity index (χ3n) is 3.75. The Kier molecular flexibility index (Phi) is 2.73. The summed E-state index contributed by atoms with van der Waals surface area (Å²) in [5.74, 6) is 0.